The zero-order chi connectivity index (χ0) is 10.4. The van der Waals surface area contributed by atoms with Gasteiger partial charge in [-0.3, -0.25) is 4.57 Å². The zero-order valence-corrected chi connectivity index (χ0v) is 7.72. The van der Waals surface area contributed by atoms with Gasteiger partial charge in [0.2, 0.25) is 0 Å². The van der Waals surface area contributed by atoms with Crippen molar-refractivity contribution < 1.29 is 9.84 Å². The van der Waals surface area contributed by atoms with Gasteiger partial charge in [0.15, 0.2) is 0 Å². The zero-order valence-electron chi connectivity index (χ0n) is 7.72. The molecule has 0 aliphatic rings. The van der Waals surface area contributed by atoms with E-state index in [0.29, 0.717) is 13.2 Å². The van der Waals surface area contributed by atoms with Crippen molar-refractivity contribution in [1.29, 1.82) is 0 Å². The van der Waals surface area contributed by atoms with Gasteiger partial charge in [0.25, 0.3) is 0 Å². The van der Waals surface area contributed by atoms with Crippen LogP contribution in [0.3, 0.4) is 0 Å². The lowest BCUT2D eigenvalue weighted by Gasteiger charge is -2.04. The van der Waals surface area contributed by atoms with Crippen LogP contribution in [0, 0.1) is 0 Å². The molecule has 1 aromatic rings. The van der Waals surface area contributed by atoms with E-state index < -0.39 is 5.69 Å². The third-order valence-corrected chi connectivity index (χ3v) is 1.61. The van der Waals surface area contributed by atoms with Crippen LogP contribution in [0.5, 0.6) is 0 Å². The third kappa shape index (κ3) is 3.15. The number of anilines is 1. The normalized spacial score (nSPS) is 10.4. The van der Waals surface area contributed by atoms with Gasteiger partial charge in [-0.2, -0.15) is 4.98 Å². The molecule has 0 saturated carbocycles. The van der Waals surface area contributed by atoms with E-state index in [0.717, 1.165) is 0 Å². The number of rotatable bonds is 5. The summed E-state index contributed by atoms with van der Waals surface area (Å²) in [5, 5.41) is 8.43. The SMILES string of the molecule is Nc1ccn(CCOCCO)c(=O)n1. The fourth-order valence-electron chi connectivity index (χ4n) is 0.942. The highest BCUT2D eigenvalue weighted by molar-refractivity contribution is 5.23. The summed E-state index contributed by atoms with van der Waals surface area (Å²) in [6, 6.07) is 1.55. The first kappa shape index (κ1) is 10.7. The van der Waals surface area contributed by atoms with E-state index in [9.17, 15) is 4.79 Å². The van der Waals surface area contributed by atoms with Gasteiger partial charge in [-0.1, -0.05) is 0 Å². The van der Waals surface area contributed by atoms with Crippen LogP contribution in [0.1, 0.15) is 0 Å². The van der Waals surface area contributed by atoms with Crippen molar-refractivity contribution in [2.75, 3.05) is 25.6 Å². The van der Waals surface area contributed by atoms with Crippen LogP contribution in [-0.2, 0) is 11.3 Å². The summed E-state index contributed by atoms with van der Waals surface area (Å²) < 4.78 is 6.40. The molecule has 0 aromatic carbocycles. The first-order valence-corrected chi connectivity index (χ1v) is 4.25. The fraction of sp³-hybridized carbons (Fsp3) is 0.500. The summed E-state index contributed by atoms with van der Waals surface area (Å²) in [7, 11) is 0. The molecule has 3 N–H and O–H groups in total. The van der Waals surface area contributed by atoms with Crippen molar-refractivity contribution >= 4 is 5.82 Å². The van der Waals surface area contributed by atoms with Crippen molar-refractivity contribution in [2.24, 2.45) is 0 Å². The fourth-order valence-corrected chi connectivity index (χ4v) is 0.942. The Kier molecular flexibility index (Phi) is 4.09. The van der Waals surface area contributed by atoms with Crippen molar-refractivity contribution in [1.82, 2.24) is 9.55 Å². The number of aliphatic hydroxyl groups excluding tert-OH is 1. The first-order valence-electron chi connectivity index (χ1n) is 4.25. The monoisotopic (exact) mass is 199 g/mol. The first-order chi connectivity index (χ1) is 6.74. The smallest absolute Gasteiger partial charge is 0.349 e. The van der Waals surface area contributed by atoms with Crippen molar-refractivity contribution in [3.8, 4) is 0 Å². The minimum atomic E-state index is -0.391. The Morgan fingerprint density at radius 3 is 3.00 bits per heavy atom. The summed E-state index contributed by atoms with van der Waals surface area (Å²) in [4.78, 5) is 14.7. The van der Waals surface area contributed by atoms with Gasteiger partial charge in [-0.25, -0.2) is 4.79 Å². The number of ether oxygens (including phenoxy) is 1. The van der Waals surface area contributed by atoms with Gasteiger partial charge in [0, 0.05) is 6.20 Å². The largest absolute Gasteiger partial charge is 0.394 e. The summed E-state index contributed by atoms with van der Waals surface area (Å²) in [6.45, 7) is 1.03. The van der Waals surface area contributed by atoms with E-state index in [4.69, 9.17) is 15.6 Å². The van der Waals surface area contributed by atoms with Gasteiger partial charge >= 0.3 is 5.69 Å². The van der Waals surface area contributed by atoms with Gasteiger partial charge in [-0.15, -0.1) is 0 Å². The standard InChI is InChI=1S/C8H13N3O3/c9-7-1-2-11(8(13)10-7)3-5-14-6-4-12/h1-2,12H,3-6H2,(H2,9,10,13). The molecule has 6 heteroatoms. The molecular formula is C8H13N3O3. The average Bonchev–Trinajstić information content (AvgIpc) is 2.15. The number of hydrogen-bond donors (Lipinski definition) is 2. The van der Waals surface area contributed by atoms with Gasteiger partial charge in [0.1, 0.15) is 5.82 Å². The molecule has 1 rings (SSSR count). The van der Waals surface area contributed by atoms with Crippen LogP contribution < -0.4 is 11.4 Å². The molecule has 0 aliphatic heterocycles. The molecule has 0 atom stereocenters. The molecule has 78 valence electrons. The number of nitrogens with two attached hydrogens (primary N) is 1. The van der Waals surface area contributed by atoms with Crippen LogP contribution >= 0.6 is 0 Å². The predicted octanol–water partition coefficient (Wildman–Crippen LogP) is -1.17. The van der Waals surface area contributed by atoms with E-state index in [1.807, 2.05) is 0 Å². The Morgan fingerprint density at radius 2 is 2.36 bits per heavy atom. The average molecular weight is 199 g/mol. The molecular weight excluding hydrogens is 186 g/mol. The number of aromatic nitrogens is 2. The summed E-state index contributed by atoms with van der Waals surface area (Å²) >= 11 is 0. The molecule has 1 aromatic heterocycles. The molecule has 0 aliphatic carbocycles. The van der Waals surface area contributed by atoms with Crippen molar-refractivity contribution in [3.63, 3.8) is 0 Å². The second kappa shape index (κ2) is 5.36. The Bertz CT molecular complexity index is 337. The molecule has 0 amide bonds. The number of nitrogen functional groups attached to an aromatic ring is 1. The molecule has 14 heavy (non-hydrogen) atoms. The number of hydrogen-bond acceptors (Lipinski definition) is 5. The van der Waals surface area contributed by atoms with E-state index in [1.165, 1.54) is 4.57 Å². The van der Waals surface area contributed by atoms with Crippen LogP contribution in [0.4, 0.5) is 5.82 Å². The lowest BCUT2D eigenvalue weighted by molar-refractivity contribution is 0.0864. The Labute approximate surface area is 80.9 Å². The summed E-state index contributed by atoms with van der Waals surface area (Å²) in [5.74, 6) is 0.211. The number of nitrogens with zero attached hydrogens (tertiary/aromatic N) is 2. The van der Waals surface area contributed by atoms with Crippen LogP contribution in [0.15, 0.2) is 17.1 Å². The Morgan fingerprint density at radius 1 is 1.57 bits per heavy atom. The van der Waals surface area contributed by atoms with Gasteiger partial charge in [-0.05, 0) is 6.07 Å². The highest BCUT2D eigenvalue weighted by atomic mass is 16.5. The molecule has 0 unspecified atom stereocenters. The maximum Gasteiger partial charge on any atom is 0.349 e. The number of aliphatic hydroxyl groups is 1. The van der Waals surface area contributed by atoms with Gasteiger partial charge < -0.3 is 15.6 Å². The van der Waals surface area contributed by atoms with Crippen LogP contribution in [0.25, 0.3) is 0 Å². The highest BCUT2D eigenvalue weighted by Gasteiger charge is 1.96. The predicted molar refractivity (Wildman–Crippen MR) is 50.8 cm³/mol. The minimum absolute atomic E-state index is 0.0190. The summed E-state index contributed by atoms with van der Waals surface area (Å²) in [5.41, 5.74) is 4.92. The maximum atomic E-state index is 11.2. The Balaban J connectivity index is 2.47. The molecule has 1 heterocycles. The third-order valence-electron chi connectivity index (χ3n) is 1.61. The molecule has 0 spiro atoms. The van der Waals surface area contributed by atoms with E-state index >= 15 is 0 Å². The lowest BCUT2D eigenvalue weighted by atomic mass is 10.5. The maximum absolute atomic E-state index is 11.2. The van der Waals surface area contributed by atoms with Crippen molar-refractivity contribution in [2.45, 2.75) is 6.54 Å². The molecule has 0 fully saturated rings. The summed E-state index contributed by atoms with van der Waals surface area (Å²) in [6.07, 6.45) is 1.56. The molecule has 6 nitrogen and oxygen atoms in total. The van der Waals surface area contributed by atoms with E-state index in [1.54, 1.807) is 12.3 Å². The Hall–Kier alpha value is -1.40. The highest BCUT2D eigenvalue weighted by Crippen LogP contribution is 1.89. The topological polar surface area (TPSA) is 90.4 Å². The molecule has 0 saturated heterocycles. The molecule has 0 radical (unpaired) electrons. The van der Waals surface area contributed by atoms with Crippen molar-refractivity contribution in [3.05, 3.63) is 22.7 Å². The lowest BCUT2D eigenvalue weighted by Crippen LogP contribution is -2.25. The van der Waals surface area contributed by atoms with E-state index in [-0.39, 0.29) is 19.0 Å². The second-order valence-corrected chi connectivity index (χ2v) is 2.66. The minimum Gasteiger partial charge on any atom is -0.394 e. The van der Waals surface area contributed by atoms with Gasteiger partial charge in [0.05, 0.1) is 26.4 Å². The van der Waals surface area contributed by atoms with E-state index in [2.05, 4.69) is 4.98 Å². The molecule has 0 bridgehead atoms. The van der Waals surface area contributed by atoms with Crippen LogP contribution in [0.2, 0.25) is 0 Å². The van der Waals surface area contributed by atoms with Crippen LogP contribution in [-0.4, -0.2) is 34.5 Å². The quantitative estimate of drug-likeness (QED) is 0.583. The second-order valence-electron chi connectivity index (χ2n) is 2.66.